The van der Waals surface area contributed by atoms with Crippen LogP contribution in [0.4, 0.5) is 4.79 Å². The molecule has 0 aromatic heterocycles. The van der Waals surface area contributed by atoms with E-state index in [1.54, 1.807) is 6.92 Å². The van der Waals surface area contributed by atoms with Crippen molar-refractivity contribution < 1.29 is 23.9 Å². The van der Waals surface area contributed by atoms with Crippen LogP contribution >= 0.6 is 0 Å². The average Bonchev–Trinajstić information content (AvgIpc) is 3.37. The van der Waals surface area contributed by atoms with Crippen molar-refractivity contribution in [2.24, 2.45) is 0 Å². The summed E-state index contributed by atoms with van der Waals surface area (Å²) in [5, 5.41) is 7.69. The van der Waals surface area contributed by atoms with Crippen molar-refractivity contribution >= 4 is 17.8 Å². The molecule has 8 nitrogen and oxygen atoms in total. The Balaban J connectivity index is 1.26. The number of carbonyl (C=O) groups excluding carboxylic acids is 3. The van der Waals surface area contributed by atoms with Crippen LogP contribution in [0.2, 0.25) is 0 Å². The van der Waals surface area contributed by atoms with Crippen molar-refractivity contribution in [3.63, 3.8) is 0 Å². The molecular formula is C22H21N3O5. The van der Waals surface area contributed by atoms with Gasteiger partial charge in [0.2, 0.25) is 12.7 Å². The molecule has 3 aliphatic rings. The van der Waals surface area contributed by atoms with E-state index in [-0.39, 0.29) is 25.2 Å². The molecule has 1 aliphatic carbocycles. The number of rotatable bonds is 4. The van der Waals surface area contributed by atoms with Gasteiger partial charge < -0.3 is 20.1 Å². The van der Waals surface area contributed by atoms with Crippen LogP contribution in [0.25, 0.3) is 11.1 Å². The minimum Gasteiger partial charge on any atom is -0.454 e. The predicted molar refractivity (Wildman–Crippen MR) is 107 cm³/mol. The second-order valence-corrected chi connectivity index (χ2v) is 8.14. The van der Waals surface area contributed by atoms with Gasteiger partial charge in [-0.3, -0.25) is 14.9 Å². The van der Waals surface area contributed by atoms with Gasteiger partial charge in [-0.1, -0.05) is 24.3 Å². The van der Waals surface area contributed by atoms with Crippen molar-refractivity contribution in [2.45, 2.75) is 37.8 Å². The van der Waals surface area contributed by atoms with Crippen molar-refractivity contribution in [3.8, 4) is 22.6 Å². The molecule has 2 aromatic carbocycles. The summed E-state index contributed by atoms with van der Waals surface area (Å²) in [6.07, 6.45) is 1.35. The van der Waals surface area contributed by atoms with Crippen molar-refractivity contribution in [2.75, 3.05) is 6.79 Å². The van der Waals surface area contributed by atoms with Crippen LogP contribution in [0.15, 0.2) is 36.4 Å². The number of hydrogen-bond donors (Lipinski definition) is 3. The third-order valence-corrected chi connectivity index (χ3v) is 5.84. The molecule has 0 spiro atoms. The smallest absolute Gasteiger partial charge is 0.322 e. The van der Waals surface area contributed by atoms with Gasteiger partial charge in [0.25, 0.3) is 5.91 Å². The summed E-state index contributed by atoms with van der Waals surface area (Å²) >= 11 is 0. The maximum atomic E-state index is 12.5. The number of nitrogens with one attached hydrogen (secondary N) is 3. The first-order valence-electron chi connectivity index (χ1n) is 9.84. The summed E-state index contributed by atoms with van der Waals surface area (Å²) in [5.74, 6) is 0.757. The van der Waals surface area contributed by atoms with Gasteiger partial charge in [-0.15, -0.1) is 0 Å². The highest BCUT2D eigenvalue weighted by molar-refractivity contribution is 6.08. The van der Waals surface area contributed by atoms with E-state index in [0.29, 0.717) is 6.42 Å². The zero-order valence-corrected chi connectivity index (χ0v) is 16.4. The standard InChI is InChI=1S/C22H21N3O5/c1-22(20(27)24-21(28)25-22)10-19(26)23-16-7-13-3-2-12(6-15(13)8-16)14-4-5-17-18(9-14)30-11-29-17/h2-6,9,16H,7-8,10-11H2,1H3,(H,23,26)(H2,24,25,27,28). The number of urea groups is 1. The van der Waals surface area contributed by atoms with E-state index in [1.165, 1.54) is 11.1 Å². The average molecular weight is 407 g/mol. The van der Waals surface area contributed by atoms with Gasteiger partial charge in [0.1, 0.15) is 5.54 Å². The lowest BCUT2D eigenvalue weighted by atomic mass is 9.97. The van der Waals surface area contributed by atoms with Crippen LogP contribution < -0.4 is 25.4 Å². The summed E-state index contributed by atoms with van der Waals surface area (Å²) in [4.78, 5) is 35.8. The largest absolute Gasteiger partial charge is 0.454 e. The number of imide groups is 1. The molecule has 2 aromatic rings. The second-order valence-electron chi connectivity index (χ2n) is 8.14. The minimum atomic E-state index is -1.21. The molecule has 1 saturated heterocycles. The first-order chi connectivity index (χ1) is 14.4. The number of carbonyl (C=O) groups is 3. The van der Waals surface area contributed by atoms with Crippen LogP contribution in [0.1, 0.15) is 24.5 Å². The van der Waals surface area contributed by atoms with E-state index in [1.807, 2.05) is 18.2 Å². The van der Waals surface area contributed by atoms with E-state index >= 15 is 0 Å². The van der Waals surface area contributed by atoms with E-state index in [9.17, 15) is 14.4 Å². The molecule has 5 rings (SSSR count). The molecule has 4 amide bonds. The highest BCUT2D eigenvalue weighted by Crippen LogP contribution is 2.37. The van der Waals surface area contributed by atoms with Gasteiger partial charge in [0, 0.05) is 6.04 Å². The van der Waals surface area contributed by atoms with Gasteiger partial charge in [0.15, 0.2) is 11.5 Å². The van der Waals surface area contributed by atoms with E-state index in [4.69, 9.17) is 9.47 Å². The number of hydrogen-bond acceptors (Lipinski definition) is 5. The summed E-state index contributed by atoms with van der Waals surface area (Å²) in [6.45, 7) is 1.79. The van der Waals surface area contributed by atoms with Crippen LogP contribution in [0, 0.1) is 0 Å². The molecule has 2 aliphatic heterocycles. The Hall–Kier alpha value is -3.55. The molecule has 0 saturated carbocycles. The van der Waals surface area contributed by atoms with Crippen molar-refractivity contribution in [1.82, 2.24) is 16.0 Å². The number of amides is 4. The fraction of sp³-hybridized carbons (Fsp3) is 0.318. The van der Waals surface area contributed by atoms with Crippen LogP contribution in [-0.4, -0.2) is 36.2 Å². The van der Waals surface area contributed by atoms with Crippen LogP contribution in [0.5, 0.6) is 11.5 Å². The molecule has 0 radical (unpaired) electrons. The Morgan fingerprint density at radius 1 is 1.07 bits per heavy atom. The molecule has 30 heavy (non-hydrogen) atoms. The molecule has 0 bridgehead atoms. The Morgan fingerprint density at radius 3 is 2.60 bits per heavy atom. The predicted octanol–water partition coefficient (Wildman–Crippen LogP) is 1.65. The minimum absolute atomic E-state index is 0.0386. The van der Waals surface area contributed by atoms with Gasteiger partial charge in [-0.2, -0.15) is 0 Å². The summed E-state index contributed by atoms with van der Waals surface area (Å²) < 4.78 is 10.8. The van der Waals surface area contributed by atoms with Gasteiger partial charge in [-0.05, 0) is 54.2 Å². The maximum Gasteiger partial charge on any atom is 0.322 e. The Kier molecular flexibility index (Phi) is 4.16. The normalized spacial score (nSPS) is 23.7. The van der Waals surface area contributed by atoms with Gasteiger partial charge in [-0.25, -0.2) is 4.79 Å². The topological polar surface area (TPSA) is 106 Å². The highest BCUT2D eigenvalue weighted by atomic mass is 16.7. The lowest BCUT2D eigenvalue weighted by Gasteiger charge is -2.21. The Morgan fingerprint density at radius 2 is 1.80 bits per heavy atom. The molecule has 2 atom stereocenters. The molecule has 2 unspecified atom stereocenters. The molecule has 3 N–H and O–H groups in total. The SMILES string of the molecule is CC1(CC(=O)NC2Cc3ccc(-c4ccc5c(c4)OCO5)cc3C2)NC(=O)NC1=O. The molecule has 2 heterocycles. The Bertz CT molecular complexity index is 1080. The van der Waals surface area contributed by atoms with Crippen molar-refractivity contribution in [3.05, 3.63) is 47.5 Å². The van der Waals surface area contributed by atoms with Crippen molar-refractivity contribution in [1.29, 1.82) is 0 Å². The van der Waals surface area contributed by atoms with Gasteiger partial charge in [0.05, 0.1) is 6.42 Å². The fourth-order valence-corrected chi connectivity index (χ4v) is 4.28. The number of ether oxygens (including phenoxy) is 2. The van der Waals surface area contributed by atoms with Crippen LogP contribution in [0.3, 0.4) is 0 Å². The third-order valence-electron chi connectivity index (χ3n) is 5.84. The summed E-state index contributed by atoms with van der Waals surface area (Å²) in [6, 6.07) is 11.6. The van der Waals surface area contributed by atoms with E-state index < -0.39 is 17.5 Å². The monoisotopic (exact) mass is 407 g/mol. The third kappa shape index (κ3) is 3.24. The first kappa shape index (κ1) is 18.5. The number of fused-ring (bicyclic) bond motifs is 2. The Labute approximate surface area is 172 Å². The molecule has 1 fully saturated rings. The van der Waals surface area contributed by atoms with E-state index in [0.717, 1.165) is 29.0 Å². The quantitative estimate of drug-likeness (QED) is 0.669. The zero-order valence-electron chi connectivity index (χ0n) is 16.4. The first-order valence-corrected chi connectivity index (χ1v) is 9.84. The lowest BCUT2D eigenvalue weighted by Crippen LogP contribution is -2.49. The second kappa shape index (κ2) is 6.76. The summed E-state index contributed by atoms with van der Waals surface area (Å²) in [5.41, 5.74) is 3.30. The van der Waals surface area contributed by atoms with Crippen LogP contribution in [-0.2, 0) is 22.4 Å². The highest BCUT2D eigenvalue weighted by Gasteiger charge is 2.43. The zero-order chi connectivity index (χ0) is 20.9. The lowest BCUT2D eigenvalue weighted by molar-refractivity contribution is -0.129. The summed E-state index contributed by atoms with van der Waals surface area (Å²) in [7, 11) is 0. The molecular weight excluding hydrogens is 386 g/mol. The molecule has 154 valence electrons. The van der Waals surface area contributed by atoms with E-state index in [2.05, 4.69) is 34.1 Å². The number of benzene rings is 2. The molecule has 8 heteroatoms. The maximum absolute atomic E-state index is 12.5. The van der Waals surface area contributed by atoms with Gasteiger partial charge >= 0.3 is 6.03 Å². The fourth-order valence-electron chi connectivity index (χ4n) is 4.28.